The molecule has 1 aromatic carbocycles. The second kappa shape index (κ2) is 6.49. The maximum Gasteiger partial charge on any atom is 0.332 e. The Morgan fingerprint density at radius 2 is 2.05 bits per heavy atom. The number of methoxy groups -OCH3 is 1. The van der Waals surface area contributed by atoms with Crippen LogP contribution in [0.2, 0.25) is 0 Å². The third kappa shape index (κ3) is 3.34. The zero-order valence-electron chi connectivity index (χ0n) is 11.2. The van der Waals surface area contributed by atoms with Gasteiger partial charge in [0.2, 0.25) is 0 Å². The van der Waals surface area contributed by atoms with Crippen molar-refractivity contribution in [3.05, 3.63) is 29.8 Å². The Labute approximate surface area is 116 Å². The molecule has 1 heterocycles. The van der Waals surface area contributed by atoms with E-state index in [9.17, 15) is 9.59 Å². The summed E-state index contributed by atoms with van der Waals surface area (Å²) in [4.78, 5) is 22.9. The van der Waals surface area contributed by atoms with E-state index in [1.165, 1.54) is 0 Å². The van der Waals surface area contributed by atoms with Crippen molar-refractivity contribution < 1.29 is 24.2 Å². The molecule has 1 aliphatic heterocycles. The van der Waals surface area contributed by atoms with Crippen LogP contribution in [0, 0.1) is 0 Å². The molecule has 1 saturated heterocycles. The van der Waals surface area contributed by atoms with Crippen LogP contribution in [-0.2, 0) is 25.7 Å². The monoisotopic (exact) mass is 279 g/mol. The van der Waals surface area contributed by atoms with Crippen LogP contribution in [-0.4, -0.2) is 36.3 Å². The number of rotatable bonds is 5. The van der Waals surface area contributed by atoms with E-state index in [1.807, 2.05) is 18.2 Å². The first-order valence-electron chi connectivity index (χ1n) is 6.37. The minimum Gasteiger partial charge on any atom is -0.479 e. The Balaban J connectivity index is 2.00. The zero-order chi connectivity index (χ0) is 14.5. The van der Waals surface area contributed by atoms with Gasteiger partial charge < -0.3 is 19.9 Å². The fourth-order valence-corrected chi connectivity index (χ4v) is 2.15. The number of anilines is 1. The van der Waals surface area contributed by atoms with Crippen LogP contribution in [0.25, 0.3) is 0 Å². The Morgan fingerprint density at radius 3 is 2.70 bits per heavy atom. The lowest BCUT2D eigenvalue weighted by atomic mass is 10.1. The lowest BCUT2D eigenvalue weighted by molar-refractivity contribution is -0.150. The molecule has 6 nitrogen and oxygen atoms in total. The molecule has 2 N–H and O–H groups in total. The summed E-state index contributed by atoms with van der Waals surface area (Å²) in [6.07, 6.45) is -0.839. The van der Waals surface area contributed by atoms with Gasteiger partial charge in [0.1, 0.15) is 6.10 Å². The molecule has 0 bridgehead atoms. The number of nitrogens with one attached hydrogen (secondary N) is 1. The summed E-state index contributed by atoms with van der Waals surface area (Å²) in [5, 5.41) is 11.6. The number of aliphatic carboxylic acids is 1. The van der Waals surface area contributed by atoms with E-state index >= 15 is 0 Å². The first kappa shape index (κ1) is 14.5. The molecule has 2 rings (SSSR count). The molecule has 0 saturated carbocycles. The summed E-state index contributed by atoms with van der Waals surface area (Å²) in [6.45, 7) is 0.389. The highest BCUT2D eigenvalue weighted by molar-refractivity contribution is 5.95. The van der Waals surface area contributed by atoms with E-state index in [4.69, 9.17) is 14.6 Å². The normalized spacial score (nSPS) is 21.6. The van der Waals surface area contributed by atoms with E-state index in [1.54, 1.807) is 13.2 Å². The van der Waals surface area contributed by atoms with Gasteiger partial charge in [0.15, 0.2) is 6.10 Å². The van der Waals surface area contributed by atoms with Crippen molar-refractivity contribution in [2.45, 2.75) is 31.7 Å². The number of amides is 1. The molecule has 1 amide bonds. The molecular formula is C14H17NO5. The average Bonchev–Trinajstić information content (AvgIpc) is 2.91. The molecular weight excluding hydrogens is 262 g/mol. The summed E-state index contributed by atoms with van der Waals surface area (Å²) in [5.74, 6) is -1.35. The van der Waals surface area contributed by atoms with Crippen molar-refractivity contribution in [2.24, 2.45) is 0 Å². The summed E-state index contributed by atoms with van der Waals surface area (Å²) >= 11 is 0. The fraction of sp³-hybridized carbons (Fsp3) is 0.429. The summed E-state index contributed by atoms with van der Waals surface area (Å²) in [5.41, 5.74) is 1.51. The fourth-order valence-electron chi connectivity index (χ4n) is 2.15. The van der Waals surface area contributed by atoms with Crippen LogP contribution < -0.4 is 5.32 Å². The standard InChI is InChI=1S/C14H17NO5/c1-19-8-9-4-2-3-5-10(9)15-13(16)11-6-7-12(20-11)14(17)18/h2-5,11-12H,6-8H2,1H3,(H,15,16)(H,17,18). The molecule has 1 aliphatic rings. The molecule has 0 aliphatic carbocycles. The van der Waals surface area contributed by atoms with Crippen LogP contribution in [0.15, 0.2) is 24.3 Å². The molecule has 20 heavy (non-hydrogen) atoms. The first-order valence-corrected chi connectivity index (χ1v) is 6.37. The number of ether oxygens (including phenoxy) is 2. The Morgan fingerprint density at radius 1 is 1.35 bits per heavy atom. The molecule has 0 aromatic heterocycles. The molecule has 0 spiro atoms. The molecule has 2 unspecified atom stereocenters. The lowest BCUT2D eigenvalue weighted by Gasteiger charge is -2.14. The number of carboxylic acids is 1. The summed E-state index contributed by atoms with van der Waals surface area (Å²) in [7, 11) is 1.58. The second-order valence-corrected chi connectivity index (χ2v) is 4.61. The van der Waals surface area contributed by atoms with Gasteiger partial charge in [0, 0.05) is 18.4 Å². The maximum absolute atomic E-state index is 12.1. The first-order chi connectivity index (χ1) is 9.61. The van der Waals surface area contributed by atoms with E-state index in [0.29, 0.717) is 25.1 Å². The highest BCUT2D eigenvalue weighted by Gasteiger charge is 2.34. The van der Waals surface area contributed by atoms with Crippen LogP contribution in [0.1, 0.15) is 18.4 Å². The smallest absolute Gasteiger partial charge is 0.332 e. The van der Waals surface area contributed by atoms with Crippen molar-refractivity contribution in [1.29, 1.82) is 0 Å². The zero-order valence-corrected chi connectivity index (χ0v) is 11.2. The van der Waals surface area contributed by atoms with Gasteiger partial charge in [-0.1, -0.05) is 18.2 Å². The number of carbonyl (C=O) groups is 2. The van der Waals surface area contributed by atoms with Crippen molar-refractivity contribution in [3.63, 3.8) is 0 Å². The van der Waals surface area contributed by atoms with Gasteiger partial charge in [-0.25, -0.2) is 4.79 Å². The van der Waals surface area contributed by atoms with Crippen molar-refractivity contribution in [2.75, 3.05) is 12.4 Å². The van der Waals surface area contributed by atoms with Gasteiger partial charge in [-0.15, -0.1) is 0 Å². The van der Waals surface area contributed by atoms with Gasteiger partial charge in [-0.05, 0) is 18.9 Å². The summed E-state index contributed by atoms with van der Waals surface area (Å²) in [6, 6.07) is 7.30. The highest BCUT2D eigenvalue weighted by Crippen LogP contribution is 2.22. The van der Waals surface area contributed by atoms with E-state index in [0.717, 1.165) is 5.56 Å². The topological polar surface area (TPSA) is 84.9 Å². The van der Waals surface area contributed by atoms with Crippen LogP contribution in [0.3, 0.4) is 0 Å². The SMILES string of the molecule is COCc1ccccc1NC(=O)C1CCC(C(=O)O)O1. The summed E-state index contributed by atoms with van der Waals surface area (Å²) < 4.78 is 10.3. The number of benzene rings is 1. The molecule has 2 atom stereocenters. The lowest BCUT2D eigenvalue weighted by Crippen LogP contribution is -2.30. The van der Waals surface area contributed by atoms with E-state index in [2.05, 4.69) is 5.32 Å². The number of hydrogen-bond acceptors (Lipinski definition) is 4. The molecule has 108 valence electrons. The maximum atomic E-state index is 12.1. The number of para-hydroxylation sites is 1. The Hall–Kier alpha value is -1.92. The molecule has 1 fully saturated rings. The van der Waals surface area contributed by atoms with Crippen LogP contribution in [0.5, 0.6) is 0 Å². The molecule has 6 heteroatoms. The number of carbonyl (C=O) groups excluding carboxylic acids is 1. The second-order valence-electron chi connectivity index (χ2n) is 4.61. The molecule has 1 aromatic rings. The Bertz CT molecular complexity index is 502. The van der Waals surface area contributed by atoms with Crippen LogP contribution >= 0.6 is 0 Å². The van der Waals surface area contributed by atoms with Crippen molar-refractivity contribution in [1.82, 2.24) is 0 Å². The predicted molar refractivity (Wildman–Crippen MR) is 71.3 cm³/mol. The predicted octanol–water partition coefficient (Wildman–Crippen LogP) is 1.40. The minimum absolute atomic E-state index is 0.322. The highest BCUT2D eigenvalue weighted by atomic mass is 16.5. The van der Waals surface area contributed by atoms with Gasteiger partial charge in [-0.2, -0.15) is 0 Å². The third-order valence-corrected chi connectivity index (χ3v) is 3.16. The quantitative estimate of drug-likeness (QED) is 0.851. The Kier molecular flexibility index (Phi) is 4.70. The van der Waals surface area contributed by atoms with Gasteiger partial charge >= 0.3 is 5.97 Å². The largest absolute Gasteiger partial charge is 0.479 e. The minimum atomic E-state index is -1.03. The molecule has 0 radical (unpaired) electrons. The van der Waals surface area contributed by atoms with Crippen molar-refractivity contribution in [3.8, 4) is 0 Å². The average molecular weight is 279 g/mol. The third-order valence-electron chi connectivity index (χ3n) is 3.16. The van der Waals surface area contributed by atoms with Gasteiger partial charge in [-0.3, -0.25) is 4.79 Å². The van der Waals surface area contributed by atoms with E-state index < -0.39 is 18.2 Å². The van der Waals surface area contributed by atoms with Gasteiger partial charge in [0.05, 0.1) is 6.61 Å². The van der Waals surface area contributed by atoms with E-state index in [-0.39, 0.29) is 5.91 Å². The number of carboxylic acid groups (broad SMARTS) is 1. The van der Waals surface area contributed by atoms with Gasteiger partial charge in [0.25, 0.3) is 5.91 Å². The van der Waals surface area contributed by atoms with Crippen LogP contribution in [0.4, 0.5) is 5.69 Å². The number of hydrogen-bond donors (Lipinski definition) is 2. The van der Waals surface area contributed by atoms with Crippen molar-refractivity contribution >= 4 is 17.6 Å².